The highest BCUT2D eigenvalue weighted by atomic mass is 16.5. The Hall–Kier alpha value is -1.02. The molecule has 0 radical (unpaired) electrons. The van der Waals surface area contributed by atoms with Crippen molar-refractivity contribution in [2.45, 2.75) is 45.3 Å². The summed E-state index contributed by atoms with van der Waals surface area (Å²) in [5, 5.41) is 0. The van der Waals surface area contributed by atoms with Crippen molar-refractivity contribution >= 4 is 5.69 Å². The van der Waals surface area contributed by atoms with Gasteiger partial charge >= 0.3 is 0 Å². The van der Waals surface area contributed by atoms with E-state index in [1.807, 2.05) is 0 Å². The molecule has 1 aromatic rings. The van der Waals surface area contributed by atoms with E-state index in [9.17, 15) is 0 Å². The zero-order valence-corrected chi connectivity index (χ0v) is 11.1. The van der Waals surface area contributed by atoms with Crippen LogP contribution in [0.2, 0.25) is 0 Å². The normalized spacial score (nSPS) is 18.4. The van der Waals surface area contributed by atoms with Crippen LogP contribution in [0.1, 0.15) is 33.6 Å². The van der Waals surface area contributed by atoms with Crippen LogP contribution in [0, 0.1) is 0 Å². The van der Waals surface area contributed by atoms with Gasteiger partial charge in [-0.1, -0.05) is 18.2 Å². The van der Waals surface area contributed by atoms with E-state index in [1.165, 1.54) is 5.69 Å². The summed E-state index contributed by atoms with van der Waals surface area (Å²) in [4.78, 5) is 2.45. The van der Waals surface area contributed by atoms with Gasteiger partial charge in [-0.2, -0.15) is 0 Å². The van der Waals surface area contributed by atoms with Crippen molar-refractivity contribution in [3.05, 3.63) is 30.3 Å². The minimum Gasteiger partial charge on any atom is -0.372 e. The monoisotopic (exact) mass is 233 g/mol. The highest BCUT2D eigenvalue weighted by Gasteiger charge is 2.24. The van der Waals surface area contributed by atoms with Crippen molar-refractivity contribution in [1.29, 1.82) is 0 Å². The Balaban J connectivity index is 1.86. The van der Waals surface area contributed by atoms with Crippen LogP contribution in [0.15, 0.2) is 30.3 Å². The molecule has 1 aliphatic heterocycles. The van der Waals surface area contributed by atoms with Gasteiger partial charge in [-0.25, -0.2) is 0 Å². The van der Waals surface area contributed by atoms with Crippen molar-refractivity contribution < 1.29 is 4.74 Å². The van der Waals surface area contributed by atoms with Gasteiger partial charge in [-0.3, -0.25) is 0 Å². The molecule has 0 N–H and O–H groups in total. The molecule has 2 heteroatoms. The lowest BCUT2D eigenvalue weighted by Crippen LogP contribution is -2.39. The van der Waals surface area contributed by atoms with Gasteiger partial charge in [0.1, 0.15) is 0 Å². The molecule has 17 heavy (non-hydrogen) atoms. The first-order valence-corrected chi connectivity index (χ1v) is 6.52. The van der Waals surface area contributed by atoms with Crippen LogP contribution in [-0.2, 0) is 4.74 Å². The molecule has 0 aromatic heterocycles. The molecule has 0 saturated carbocycles. The van der Waals surface area contributed by atoms with Crippen LogP contribution in [-0.4, -0.2) is 24.8 Å². The van der Waals surface area contributed by atoms with Gasteiger partial charge in [0.05, 0.1) is 11.7 Å². The minimum absolute atomic E-state index is 0.0143. The molecule has 94 valence electrons. The maximum absolute atomic E-state index is 6.04. The molecular weight excluding hydrogens is 210 g/mol. The summed E-state index contributed by atoms with van der Waals surface area (Å²) < 4.78 is 6.04. The summed E-state index contributed by atoms with van der Waals surface area (Å²) in [7, 11) is 0. The number of rotatable bonds is 2. The molecule has 1 saturated heterocycles. The second-order valence-corrected chi connectivity index (χ2v) is 5.75. The summed E-state index contributed by atoms with van der Waals surface area (Å²) in [5.74, 6) is 0. The number of nitrogens with zero attached hydrogens (tertiary/aromatic N) is 1. The van der Waals surface area contributed by atoms with Gasteiger partial charge in [0.25, 0.3) is 0 Å². The SMILES string of the molecule is CC(C)(C)OC1CCN(c2ccccc2)CC1. The van der Waals surface area contributed by atoms with Gasteiger partial charge in [0.15, 0.2) is 0 Å². The molecule has 0 amide bonds. The molecule has 1 aromatic carbocycles. The van der Waals surface area contributed by atoms with Gasteiger partial charge < -0.3 is 9.64 Å². The topological polar surface area (TPSA) is 12.5 Å². The number of ether oxygens (including phenoxy) is 1. The Bertz CT molecular complexity index is 334. The van der Waals surface area contributed by atoms with Crippen LogP contribution in [0.4, 0.5) is 5.69 Å². The lowest BCUT2D eigenvalue weighted by Gasteiger charge is -2.36. The van der Waals surface area contributed by atoms with E-state index in [-0.39, 0.29) is 5.60 Å². The zero-order chi connectivity index (χ0) is 12.3. The summed E-state index contributed by atoms with van der Waals surface area (Å²) in [6.07, 6.45) is 2.69. The maximum atomic E-state index is 6.04. The van der Waals surface area contributed by atoms with E-state index in [4.69, 9.17) is 4.74 Å². The quantitative estimate of drug-likeness (QED) is 0.775. The van der Waals surface area contributed by atoms with Crippen LogP contribution in [0.5, 0.6) is 0 Å². The molecule has 1 fully saturated rings. The molecule has 1 heterocycles. The van der Waals surface area contributed by atoms with Gasteiger partial charge in [0, 0.05) is 18.8 Å². The number of hydrogen-bond donors (Lipinski definition) is 0. The fourth-order valence-corrected chi connectivity index (χ4v) is 2.37. The highest BCUT2D eigenvalue weighted by molar-refractivity contribution is 5.46. The zero-order valence-electron chi connectivity index (χ0n) is 11.1. The fourth-order valence-electron chi connectivity index (χ4n) is 2.37. The van der Waals surface area contributed by atoms with Crippen LogP contribution in [0.25, 0.3) is 0 Å². The Labute approximate surface area is 105 Å². The van der Waals surface area contributed by atoms with E-state index in [0.29, 0.717) is 6.10 Å². The largest absolute Gasteiger partial charge is 0.372 e. The Morgan fingerprint density at radius 2 is 1.65 bits per heavy atom. The number of hydrogen-bond acceptors (Lipinski definition) is 2. The number of para-hydroxylation sites is 1. The second kappa shape index (κ2) is 5.09. The molecule has 0 atom stereocenters. The third kappa shape index (κ3) is 3.74. The van der Waals surface area contributed by atoms with E-state index in [2.05, 4.69) is 56.0 Å². The number of anilines is 1. The summed E-state index contributed by atoms with van der Waals surface area (Å²) in [5.41, 5.74) is 1.32. The fraction of sp³-hybridized carbons (Fsp3) is 0.600. The van der Waals surface area contributed by atoms with Gasteiger partial charge in [0.2, 0.25) is 0 Å². The van der Waals surface area contributed by atoms with E-state index < -0.39 is 0 Å². The minimum atomic E-state index is -0.0143. The van der Waals surface area contributed by atoms with Crippen LogP contribution >= 0.6 is 0 Å². The lowest BCUT2D eigenvalue weighted by atomic mass is 10.1. The first-order chi connectivity index (χ1) is 8.04. The average Bonchev–Trinajstić information content (AvgIpc) is 2.29. The molecular formula is C15H23NO. The lowest BCUT2D eigenvalue weighted by molar-refractivity contribution is -0.0683. The molecule has 0 unspecified atom stereocenters. The standard InChI is InChI=1S/C15H23NO/c1-15(2,3)17-14-9-11-16(12-10-14)13-7-5-4-6-8-13/h4-8,14H,9-12H2,1-3H3. The Morgan fingerprint density at radius 1 is 1.06 bits per heavy atom. The van der Waals surface area contributed by atoms with Crippen molar-refractivity contribution in [3.63, 3.8) is 0 Å². The Morgan fingerprint density at radius 3 is 2.18 bits per heavy atom. The van der Waals surface area contributed by atoms with Crippen LogP contribution in [0.3, 0.4) is 0 Å². The average molecular weight is 233 g/mol. The third-order valence-corrected chi connectivity index (χ3v) is 3.08. The molecule has 2 rings (SSSR count). The molecule has 0 spiro atoms. The second-order valence-electron chi connectivity index (χ2n) is 5.75. The van der Waals surface area contributed by atoms with Crippen LogP contribution < -0.4 is 4.90 Å². The Kier molecular flexibility index (Phi) is 3.72. The molecule has 2 nitrogen and oxygen atoms in total. The van der Waals surface area contributed by atoms with Crippen molar-refractivity contribution in [3.8, 4) is 0 Å². The third-order valence-electron chi connectivity index (χ3n) is 3.08. The van der Waals surface area contributed by atoms with Crippen molar-refractivity contribution in [2.75, 3.05) is 18.0 Å². The molecule has 0 aliphatic carbocycles. The first-order valence-electron chi connectivity index (χ1n) is 6.52. The summed E-state index contributed by atoms with van der Waals surface area (Å²) in [6.45, 7) is 8.61. The van der Waals surface area contributed by atoms with E-state index >= 15 is 0 Å². The van der Waals surface area contributed by atoms with Gasteiger partial charge in [-0.15, -0.1) is 0 Å². The summed E-state index contributed by atoms with van der Waals surface area (Å²) in [6, 6.07) is 10.6. The smallest absolute Gasteiger partial charge is 0.0615 e. The predicted octanol–water partition coefficient (Wildman–Crippen LogP) is 3.47. The van der Waals surface area contributed by atoms with Crippen molar-refractivity contribution in [2.24, 2.45) is 0 Å². The maximum Gasteiger partial charge on any atom is 0.0615 e. The number of benzene rings is 1. The predicted molar refractivity (Wildman–Crippen MR) is 72.5 cm³/mol. The van der Waals surface area contributed by atoms with E-state index in [1.54, 1.807) is 0 Å². The highest BCUT2D eigenvalue weighted by Crippen LogP contribution is 2.23. The first kappa shape index (κ1) is 12.4. The summed E-state index contributed by atoms with van der Waals surface area (Å²) >= 11 is 0. The molecule has 1 aliphatic rings. The van der Waals surface area contributed by atoms with E-state index in [0.717, 1.165) is 25.9 Å². The number of piperidine rings is 1. The van der Waals surface area contributed by atoms with Gasteiger partial charge in [-0.05, 0) is 45.7 Å². The molecule has 0 bridgehead atoms. The van der Waals surface area contributed by atoms with Crippen molar-refractivity contribution in [1.82, 2.24) is 0 Å².